The lowest BCUT2D eigenvalue weighted by molar-refractivity contribution is 0.0747. The van der Waals surface area contributed by atoms with Crippen LogP contribution >= 0.6 is 23.2 Å². The van der Waals surface area contributed by atoms with Gasteiger partial charge in [-0.25, -0.2) is 4.79 Å². The van der Waals surface area contributed by atoms with E-state index < -0.39 is 18.0 Å². The number of ether oxygens (including phenoxy) is 1. The summed E-state index contributed by atoms with van der Waals surface area (Å²) in [5.74, 6) is -0.508. The van der Waals surface area contributed by atoms with Gasteiger partial charge in [0.2, 0.25) is 0 Å². The fraction of sp³-hybridized carbons (Fsp3) is 0.263. The number of hydrogen-bond acceptors (Lipinski definition) is 4. The van der Waals surface area contributed by atoms with E-state index in [9.17, 15) is 14.7 Å². The Labute approximate surface area is 162 Å². The molecule has 0 spiro atoms. The van der Waals surface area contributed by atoms with Crippen LogP contribution in [0.1, 0.15) is 35.4 Å². The molecule has 0 saturated heterocycles. The van der Waals surface area contributed by atoms with Crippen molar-refractivity contribution in [2.75, 3.05) is 18.6 Å². The van der Waals surface area contributed by atoms with Crippen LogP contribution in [0.15, 0.2) is 42.5 Å². The molecule has 0 aliphatic heterocycles. The zero-order valence-corrected chi connectivity index (χ0v) is 15.9. The molecule has 2 aromatic rings. The Morgan fingerprint density at radius 3 is 2.38 bits per heavy atom. The number of carbonyl (C=O) groups is 2. The Hall–Kier alpha value is -2.08. The highest BCUT2D eigenvalue weighted by Gasteiger charge is 2.29. The molecule has 1 atom stereocenters. The minimum Gasteiger partial charge on any atom is -0.452 e. The van der Waals surface area contributed by atoms with Crippen molar-refractivity contribution in [1.82, 2.24) is 0 Å². The van der Waals surface area contributed by atoms with Crippen LogP contribution in [-0.4, -0.2) is 30.6 Å². The molecule has 2 rings (SSSR count). The SMILES string of the molecule is CCCN(C(=O)OC)c1c(C(O)C(=O)c2ccccc2)ccc(Cl)c1Cl. The molecular weight excluding hydrogens is 377 g/mol. The first-order valence-electron chi connectivity index (χ1n) is 8.03. The number of anilines is 1. The van der Waals surface area contributed by atoms with Gasteiger partial charge in [-0.05, 0) is 12.5 Å². The van der Waals surface area contributed by atoms with Gasteiger partial charge in [-0.3, -0.25) is 9.69 Å². The summed E-state index contributed by atoms with van der Waals surface area (Å²) < 4.78 is 4.81. The third-order valence-corrected chi connectivity index (χ3v) is 4.61. The van der Waals surface area contributed by atoms with E-state index in [2.05, 4.69) is 0 Å². The summed E-state index contributed by atoms with van der Waals surface area (Å²) in [4.78, 5) is 26.1. The molecular formula is C19H19Cl2NO4. The number of halogens is 2. The number of carbonyl (C=O) groups excluding carboxylic acids is 2. The third kappa shape index (κ3) is 4.18. The average Bonchev–Trinajstić information content (AvgIpc) is 2.67. The topological polar surface area (TPSA) is 66.8 Å². The van der Waals surface area contributed by atoms with Crippen LogP contribution in [-0.2, 0) is 4.74 Å². The minimum atomic E-state index is -1.51. The monoisotopic (exact) mass is 395 g/mol. The number of benzene rings is 2. The van der Waals surface area contributed by atoms with Crippen molar-refractivity contribution in [1.29, 1.82) is 0 Å². The summed E-state index contributed by atoms with van der Waals surface area (Å²) in [7, 11) is 1.24. The quantitative estimate of drug-likeness (QED) is 0.706. The highest BCUT2D eigenvalue weighted by molar-refractivity contribution is 6.44. The fourth-order valence-electron chi connectivity index (χ4n) is 2.58. The standard InChI is InChI=1S/C19H19Cl2NO4/c1-3-11-22(19(25)26-2)16-13(9-10-14(20)15(16)21)18(24)17(23)12-7-5-4-6-8-12/h4-10,18,24H,3,11H2,1-2H3. The van der Waals surface area contributed by atoms with Crippen LogP contribution in [0.5, 0.6) is 0 Å². The molecule has 0 saturated carbocycles. The van der Waals surface area contributed by atoms with Gasteiger partial charge in [-0.15, -0.1) is 0 Å². The Balaban J connectivity index is 2.56. The van der Waals surface area contributed by atoms with Crippen molar-refractivity contribution >= 4 is 40.8 Å². The normalized spacial score (nSPS) is 11.7. The number of amides is 1. The molecule has 1 amide bonds. The molecule has 0 bridgehead atoms. The zero-order chi connectivity index (χ0) is 19.3. The van der Waals surface area contributed by atoms with E-state index in [-0.39, 0.29) is 27.8 Å². The summed E-state index contributed by atoms with van der Waals surface area (Å²) in [6.45, 7) is 2.16. The molecule has 0 heterocycles. The summed E-state index contributed by atoms with van der Waals surface area (Å²) in [6.07, 6.45) is -1.55. The lowest BCUT2D eigenvalue weighted by atomic mass is 9.98. The maximum atomic E-state index is 12.7. The number of Topliss-reactive ketones (excluding diaryl/α,β-unsaturated/α-hetero) is 1. The predicted molar refractivity (Wildman–Crippen MR) is 102 cm³/mol. The van der Waals surface area contributed by atoms with Gasteiger partial charge in [0.1, 0.15) is 6.10 Å². The maximum absolute atomic E-state index is 12.7. The van der Waals surface area contributed by atoms with Crippen molar-refractivity contribution in [3.8, 4) is 0 Å². The second kappa shape index (κ2) is 9.03. The lowest BCUT2D eigenvalue weighted by Gasteiger charge is -2.26. The van der Waals surface area contributed by atoms with E-state index in [0.717, 1.165) is 0 Å². The first-order valence-corrected chi connectivity index (χ1v) is 8.78. The predicted octanol–water partition coefficient (Wildman–Crippen LogP) is 4.89. The molecule has 0 radical (unpaired) electrons. The number of hydrogen-bond donors (Lipinski definition) is 1. The Kier molecular flexibility index (Phi) is 7.03. The van der Waals surface area contributed by atoms with Crippen LogP contribution in [0.25, 0.3) is 0 Å². The van der Waals surface area contributed by atoms with Crippen LogP contribution < -0.4 is 4.90 Å². The van der Waals surface area contributed by atoms with Crippen molar-refractivity contribution in [3.05, 3.63) is 63.6 Å². The van der Waals surface area contributed by atoms with E-state index in [1.807, 2.05) is 6.92 Å². The number of aliphatic hydroxyl groups excluding tert-OH is 1. The van der Waals surface area contributed by atoms with E-state index in [0.29, 0.717) is 12.0 Å². The number of nitrogens with zero attached hydrogens (tertiary/aromatic N) is 1. The van der Waals surface area contributed by atoms with Crippen molar-refractivity contribution in [3.63, 3.8) is 0 Å². The van der Waals surface area contributed by atoms with Crippen molar-refractivity contribution in [2.24, 2.45) is 0 Å². The first kappa shape index (κ1) is 20.2. The van der Waals surface area contributed by atoms with E-state index in [4.69, 9.17) is 27.9 Å². The summed E-state index contributed by atoms with van der Waals surface area (Å²) in [5, 5.41) is 11.0. The highest BCUT2D eigenvalue weighted by Crippen LogP contribution is 2.40. The summed E-state index contributed by atoms with van der Waals surface area (Å²) in [5.41, 5.74) is 0.703. The number of methoxy groups -OCH3 is 1. The largest absolute Gasteiger partial charge is 0.452 e. The molecule has 0 aromatic heterocycles. The smallest absolute Gasteiger partial charge is 0.414 e. The average molecular weight is 396 g/mol. The van der Waals surface area contributed by atoms with Gasteiger partial charge in [-0.1, -0.05) is 66.5 Å². The lowest BCUT2D eigenvalue weighted by Crippen LogP contribution is -2.33. The van der Waals surface area contributed by atoms with Crippen LogP contribution in [0.3, 0.4) is 0 Å². The number of aliphatic hydroxyl groups is 1. The second-order valence-corrected chi connectivity index (χ2v) is 6.34. The molecule has 5 nitrogen and oxygen atoms in total. The van der Waals surface area contributed by atoms with Gasteiger partial charge >= 0.3 is 6.09 Å². The van der Waals surface area contributed by atoms with E-state index in [1.165, 1.54) is 24.1 Å². The van der Waals surface area contributed by atoms with Gasteiger partial charge in [0, 0.05) is 17.7 Å². The van der Waals surface area contributed by atoms with Crippen LogP contribution in [0.4, 0.5) is 10.5 Å². The van der Waals surface area contributed by atoms with Crippen LogP contribution in [0.2, 0.25) is 10.0 Å². The fourth-order valence-corrected chi connectivity index (χ4v) is 3.01. The van der Waals surface area contributed by atoms with Gasteiger partial charge in [0.15, 0.2) is 5.78 Å². The second-order valence-electron chi connectivity index (χ2n) is 5.55. The molecule has 1 unspecified atom stereocenters. The highest BCUT2D eigenvalue weighted by atomic mass is 35.5. The molecule has 1 N–H and O–H groups in total. The molecule has 0 aliphatic carbocycles. The van der Waals surface area contributed by atoms with Crippen LogP contribution in [0, 0.1) is 0 Å². The molecule has 0 aliphatic rings. The van der Waals surface area contributed by atoms with Crippen molar-refractivity contribution in [2.45, 2.75) is 19.4 Å². The Morgan fingerprint density at radius 1 is 1.15 bits per heavy atom. The Bertz CT molecular complexity index is 796. The molecule has 26 heavy (non-hydrogen) atoms. The van der Waals surface area contributed by atoms with Gasteiger partial charge in [0.05, 0.1) is 22.8 Å². The summed E-state index contributed by atoms with van der Waals surface area (Å²) >= 11 is 12.4. The molecule has 0 fully saturated rings. The van der Waals surface area contributed by atoms with E-state index >= 15 is 0 Å². The van der Waals surface area contributed by atoms with Gasteiger partial charge in [0.25, 0.3) is 0 Å². The number of rotatable bonds is 6. The summed E-state index contributed by atoms with van der Waals surface area (Å²) in [6, 6.07) is 11.3. The zero-order valence-electron chi connectivity index (χ0n) is 14.4. The minimum absolute atomic E-state index is 0.0722. The van der Waals surface area contributed by atoms with Gasteiger partial charge < -0.3 is 9.84 Å². The molecule has 2 aromatic carbocycles. The molecule has 7 heteroatoms. The Morgan fingerprint density at radius 2 is 1.81 bits per heavy atom. The van der Waals surface area contributed by atoms with E-state index in [1.54, 1.807) is 30.3 Å². The maximum Gasteiger partial charge on any atom is 0.414 e. The first-order chi connectivity index (χ1) is 12.4. The third-order valence-electron chi connectivity index (χ3n) is 3.81. The van der Waals surface area contributed by atoms with Gasteiger partial charge in [-0.2, -0.15) is 0 Å². The van der Waals surface area contributed by atoms with Crippen molar-refractivity contribution < 1.29 is 19.4 Å². The molecule has 138 valence electrons. The number of ketones is 1.